The van der Waals surface area contributed by atoms with Crippen molar-refractivity contribution < 1.29 is 18.7 Å². The molecule has 0 radical (unpaired) electrons. The van der Waals surface area contributed by atoms with Crippen molar-refractivity contribution in [1.29, 1.82) is 0 Å². The predicted octanol–water partition coefficient (Wildman–Crippen LogP) is 2.66. The minimum absolute atomic E-state index is 0.0425. The van der Waals surface area contributed by atoms with Crippen molar-refractivity contribution >= 4 is 17.5 Å². The van der Waals surface area contributed by atoms with Gasteiger partial charge in [0.25, 0.3) is 0 Å². The standard InChI is InChI=1S/C22H24FN3O3/c23-17-5-3-16(4-6-17)12-20(27)26-14-19(22(15-26)7-10-29-11-8-22)21(28)25-18-2-1-9-24-13-18/h1-6,9,13,19H,7-8,10-12,14-15H2,(H,25,28). The Bertz CT molecular complexity index is 867. The second kappa shape index (κ2) is 8.29. The maximum Gasteiger partial charge on any atom is 0.229 e. The number of hydrogen-bond acceptors (Lipinski definition) is 4. The van der Waals surface area contributed by atoms with Crippen molar-refractivity contribution in [2.75, 3.05) is 31.6 Å². The molecule has 2 aromatic rings. The molecule has 0 aliphatic carbocycles. The number of likely N-dealkylation sites (tertiary alicyclic amines) is 1. The molecular formula is C22H24FN3O3. The molecule has 152 valence electrons. The first-order valence-corrected chi connectivity index (χ1v) is 9.87. The smallest absolute Gasteiger partial charge is 0.229 e. The molecular weight excluding hydrogens is 373 g/mol. The highest BCUT2D eigenvalue weighted by molar-refractivity contribution is 5.94. The predicted molar refractivity (Wildman–Crippen MR) is 106 cm³/mol. The second-order valence-electron chi connectivity index (χ2n) is 7.84. The van der Waals surface area contributed by atoms with Gasteiger partial charge in [-0.1, -0.05) is 12.1 Å². The van der Waals surface area contributed by atoms with Crippen LogP contribution in [0.1, 0.15) is 18.4 Å². The minimum atomic E-state index is -0.323. The van der Waals surface area contributed by atoms with Crippen LogP contribution in [-0.2, 0) is 20.7 Å². The van der Waals surface area contributed by atoms with Crippen LogP contribution in [0, 0.1) is 17.2 Å². The summed E-state index contributed by atoms with van der Waals surface area (Å²) < 4.78 is 18.7. The van der Waals surface area contributed by atoms with Crippen molar-refractivity contribution in [1.82, 2.24) is 9.88 Å². The average molecular weight is 397 g/mol. The van der Waals surface area contributed by atoms with Crippen LogP contribution in [0.15, 0.2) is 48.8 Å². The molecule has 29 heavy (non-hydrogen) atoms. The zero-order chi connectivity index (χ0) is 20.3. The number of hydrogen-bond donors (Lipinski definition) is 1. The molecule has 0 bridgehead atoms. The third-order valence-corrected chi connectivity index (χ3v) is 6.00. The van der Waals surface area contributed by atoms with E-state index in [2.05, 4.69) is 10.3 Å². The van der Waals surface area contributed by atoms with Crippen LogP contribution in [0.5, 0.6) is 0 Å². The summed E-state index contributed by atoms with van der Waals surface area (Å²) in [6, 6.07) is 9.54. The highest BCUT2D eigenvalue weighted by Gasteiger charge is 2.51. The Hall–Kier alpha value is -2.80. The molecule has 6 nitrogen and oxygen atoms in total. The van der Waals surface area contributed by atoms with E-state index >= 15 is 0 Å². The zero-order valence-electron chi connectivity index (χ0n) is 16.1. The van der Waals surface area contributed by atoms with E-state index in [1.165, 1.54) is 12.1 Å². The molecule has 2 amide bonds. The number of halogens is 1. The topological polar surface area (TPSA) is 71.5 Å². The molecule has 1 spiro atoms. The summed E-state index contributed by atoms with van der Waals surface area (Å²) in [5.74, 6) is -0.754. The summed E-state index contributed by atoms with van der Waals surface area (Å²) in [6.07, 6.45) is 4.96. The zero-order valence-corrected chi connectivity index (χ0v) is 16.1. The van der Waals surface area contributed by atoms with Crippen LogP contribution in [-0.4, -0.2) is 48.0 Å². The quantitative estimate of drug-likeness (QED) is 0.861. The molecule has 7 heteroatoms. The minimum Gasteiger partial charge on any atom is -0.381 e. The van der Waals surface area contributed by atoms with E-state index in [1.807, 2.05) is 0 Å². The first-order chi connectivity index (χ1) is 14.1. The lowest BCUT2D eigenvalue weighted by Gasteiger charge is -2.37. The van der Waals surface area contributed by atoms with Gasteiger partial charge in [0, 0.05) is 37.9 Å². The molecule has 1 aromatic carbocycles. The number of nitrogens with zero attached hydrogens (tertiary/aromatic N) is 2. The molecule has 1 N–H and O–H groups in total. The fourth-order valence-electron chi connectivity index (χ4n) is 4.36. The number of amides is 2. The Kier molecular flexibility index (Phi) is 5.58. The van der Waals surface area contributed by atoms with E-state index in [0.29, 0.717) is 32.0 Å². The lowest BCUT2D eigenvalue weighted by atomic mass is 9.71. The summed E-state index contributed by atoms with van der Waals surface area (Å²) in [6.45, 7) is 2.11. The lowest BCUT2D eigenvalue weighted by molar-refractivity contribution is -0.130. The Balaban J connectivity index is 1.50. The fourth-order valence-corrected chi connectivity index (χ4v) is 4.36. The summed E-state index contributed by atoms with van der Waals surface area (Å²) in [7, 11) is 0. The number of rotatable bonds is 4. The molecule has 1 aromatic heterocycles. The molecule has 1 atom stereocenters. The Labute approximate surface area is 169 Å². The number of carbonyl (C=O) groups is 2. The summed E-state index contributed by atoms with van der Waals surface area (Å²) in [5.41, 5.74) is 1.14. The maximum atomic E-state index is 13.1. The van der Waals surface area contributed by atoms with Crippen LogP contribution in [0.25, 0.3) is 0 Å². The number of carbonyl (C=O) groups excluding carboxylic acids is 2. The van der Waals surface area contributed by atoms with Gasteiger partial charge in [0.2, 0.25) is 11.8 Å². The van der Waals surface area contributed by atoms with Gasteiger partial charge in [-0.25, -0.2) is 4.39 Å². The molecule has 0 saturated carbocycles. The lowest BCUT2D eigenvalue weighted by Crippen LogP contribution is -2.42. The van der Waals surface area contributed by atoms with Gasteiger partial charge < -0.3 is 15.0 Å². The largest absolute Gasteiger partial charge is 0.381 e. The highest BCUT2D eigenvalue weighted by Crippen LogP contribution is 2.45. The second-order valence-corrected chi connectivity index (χ2v) is 7.84. The summed E-state index contributed by atoms with van der Waals surface area (Å²) in [5, 5.41) is 2.95. The first kappa shape index (κ1) is 19.5. The van der Waals surface area contributed by atoms with Crippen LogP contribution >= 0.6 is 0 Å². The summed E-state index contributed by atoms with van der Waals surface area (Å²) >= 11 is 0. The van der Waals surface area contributed by atoms with E-state index in [1.54, 1.807) is 41.6 Å². The van der Waals surface area contributed by atoms with Gasteiger partial charge in [-0.05, 0) is 42.7 Å². The summed E-state index contributed by atoms with van der Waals surface area (Å²) in [4.78, 5) is 31.8. The number of anilines is 1. The van der Waals surface area contributed by atoms with Crippen LogP contribution in [0.4, 0.5) is 10.1 Å². The first-order valence-electron chi connectivity index (χ1n) is 9.87. The van der Waals surface area contributed by atoms with E-state index in [4.69, 9.17) is 4.74 Å². The normalized spacial score (nSPS) is 20.6. The maximum absolute atomic E-state index is 13.1. The number of benzene rings is 1. The van der Waals surface area contributed by atoms with Crippen molar-refractivity contribution in [3.63, 3.8) is 0 Å². The molecule has 2 aliphatic rings. The molecule has 2 fully saturated rings. The molecule has 2 saturated heterocycles. The van der Waals surface area contributed by atoms with E-state index in [9.17, 15) is 14.0 Å². The molecule has 2 aliphatic heterocycles. The molecule has 3 heterocycles. The van der Waals surface area contributed by atoms with E-state index < -0.39 is 0 Å². The monoisotopic (exact) mass is 397 g/mol. The number of aromatic nitrogens is 1. The van der Waals surface area contributed by atoms with Crippen molar-refractivity contribution in [3.05, 3.63) is 60.2 Å². The fraction of sp³-hybridized carbons (Fsp3) is 0.409. The Morgan fingerprint density at radius 1 is 1.21 bits per heavy atom. The number of pyridine rings is 1. The number of nitrogens with one attached hydrogen (secondary N) is 1. The van der Waals surface area contributed by atoms with Gasteiger partial charge in [-0.2, -0.15) is 0 Å². The molecule has 4 rings (SSSR count). The van der Waals surface area contributed by atoms with Crippen molar-refractivity contribution in [3.8, 4) is 0 Å². The number of ether oxygens (including phenoxy) is 1. The SMILES string of the molecule is O=C(Nc1cccnc1)C1CN(C(=O)Cc2ccc(F)cc2)CC12CCOCC2. The van der Waals surface area contributed by atoms with Crippen molar-refractivity contribution in [2.45, 2.75) is 19.3 Å². The highest BCUT2D eigenvalue weighted by atomic mass is 19.1. The van der Waals surface area contributed by atoms with Crippen LogP contribution in [0.3, 0.4) is 0 Å². The van der Waals surface area contributed by atoms with Gasteiger partial charge in [0.1, 0.15) is 5.82 Å². The molecule has 1 unspecified atom stereocenters. The third-order valence-electron chi connectivity index (χ3n) is 6.00. The van der Waals surface area contributed by atoms with Crippen LogP contribution in [0.2, 0.25) is 0 Å². The van der Waals surface area contributed by atoms with Crippen LogP contribution < -0.4 is 5.32 Å². The van der Waals surface area contributed by atoms with Gasteiger partial charge in [-0.3, -0.25) is 14.6 Å². The van der Waals surface area contributed by atoms with Gasteiger partial charge >= 0.3 is 0 Å². The Morgan fingerprint density at radius 3 is 2.66 bits per heavy atom. The van der Waals surface area contributed by atoms with E-state index in [0.717, 1.165) is 18.4 Å². The van der Waals surface area contributed by atoms with E-state index in [-0.39, 0.29) is 35.4 Å². The third kappa shape index (κ3) is 4.29. The Morgan fingerprint density at radius 2 is 1.97 bits per heavy atom. The van der Waals surface area contributed by atoms with Crippen molar-refractivity contribution in [2.24, 2.45) is 11.3 Å². The van der Waals surface area contributed by atoms with Gasteiger partial charge in [0.15, 0.2) is 0 Å². The average Bonchev–Trinajstić information content (AvgIpc) is 3.10. The van der Waals surface area contributed by atoms with Gasteiger partial charge in [0.05, 0.1) is 24.2 Å². The van der Waals surface area contributed by atoms with Gasteiger partial charge in [-0.15, -0.1) is 0 Å².